The zero-order chi connectivity index (χ0) is 9.35. The minimum absolute atomic E-state index is 0.162. The van der Waals surface area contributed by atoms with Gasteiger partial charge in [-0.2, -0.15) is 0 Å². The molecule has 0 aromatic rings. The van der Waals surface area contributed by atoms with Crippen LogP contribution in [0.1, 0.15) is 6.92 Å². The van der Waals surface area contributed by atoms with Crippen molar-refractivity contribution in [2.24, 2.45) is 0 Å². The van der Waals surface area contributed by atoms with E-state index in [2.05, 4.69) is 0 Å². The number of cyclic esters (lactones) is 1. The number of esters is 1. The molecule has 5 heteroatoms. The number of aliphatic hydroxyl groups is 1. The summed E-state index contributed by atoms with van der Waals surface area (Å²) in [6.07, 6.45) is -1.66. The quantitative estimate of drug-likeness (QED) is 0.494. The molecule has 12 heavy (non-hydrogen) atoms. The summed E-state index contributed by atoms with van der Waals surface area (Å²) in [6.45, 7) is 1.59. The Balaban J connectivity index is 2.69. The average molecular weight is 195 g/mol. The second-order valence-corrected chi connectivity index (χ2v) is 3.70. The molecule has 0 spiro atoms. The fourth-order valence-corrected chi connectivity index (χ4v) is 1.26. The van der Waals surface area contributed by atoms with E-state index in [1.54, 1.807) is 0 Å². The van der Waals surface area contributed by atoms with Crippen LogP contribution in [0.2, 0.25) is 0 Å². The number of methoxy groups -OCH3 is 1. The Bertz CT molecular complexity index is 192. The van der Waals surface area contributed by atoms with Gasteiger partial charge < -0.3 is 14.6 Å². The van der Waals surface area contributed by atoms with Crippen molar-refractivity contribution >= 4 is 17.6 Å². The van der Waals surface area contributed by atoms with Gasteiger partial charge in [0.1, 0.15) is 6.10 Å². The zero-order valence-electron chi connectivity index (χ0n) is 6.91. The molecule has 1 aliphatic heterocycles. The predicted molar refractivity (Wildman–Crippen MR) is 42.0 cm³/mol. The van der Waals surface area contributed by atoms with Crippen LogP contribution >= 0.6 is 11.6 Å². The highest BCUT2D eigenvalue weighted by atomic mass is 35.5. The number of rotatable bonds is 2. The molecular formula is C7H11ClO4. The fourth-order valence-electron chi connectivity index (χ4n) is 1.08. The monoisotopic (exact) mass is 194 g/mol. The molecule has 1 rings (SSSR count). The molecule has 3 unspecified atom stereocenters. The summed E-state index contributed by atoms with van der Waals surface area (Å²) in [5, 5.41) is 9.46. The number of hydrogen-bond donors (Lipinski definition) is 1. The number of halogens is 1. The molecule has 1 N–H and O–H groups in total. The van der Waals surface area contributed by atoms with E-state index in [1.165, 1.54) is 14.0 Å². The highest BCUT2D eigenvalue weighted by Gasteiger charge is 2.52. The van der Waals surface area contributed by atoms with E-state index in [9.17, 15) is 9.90 Å². The summed E-state index contributed by atoms with van der Waals surface area (Å²) in [7, 11) is 1.46. The van der Waals surface area contributed by atoms with Crippen molar-refractivity contribution in [3.05, 3.63) is 0 Å². The van der Waals surface area contributed by atoms with Gasteiger partial charge in [-0.25, -0.2) is 0 Å². The lowest BCUT2D eigenvalue weighted by Crippen LogP contribution is -2.39. The molecule has 4 nitrogen and oxygen atoms in total. The number of carbonyl (C=O) groups is 1. The van der Waals surface area contributed by atoms with Gasteiger partial charge in [-0.1, -0.05) is 0 Å². The molecule has 1 heterocycles. The van der Waals surface area contributed by atoms with Crippen LogP contribution in [0.25, 0.3) is 0 Å². The van der Waals surface area contributed by atoms with Crippen molar-refractivity contribution in [1.29, 1.82) is 0 Å². The first kappa shape index (κ1) is 9.77. The second kappa shape index (κ2) is 3.20. The van der Waals surface area contributed by atoms with Crippen molar-refractivity contribution < 1.29 is 19.4 Å². The minimum Gasteiger partial charge on any atom is -0.456 e. The molecule has 70 valence electrons. The Labute approximate surface area is 75.4 Å². The molecule has 1 fully saturated rings. The Hall–Kier alpha value is -0.320. The minimum atomic E-state index is -1.33. The topological polar surface area (TPSA) is 55.8 Å². The molecule has 0 radical (unpaired) electrons. The van der Waals surface area contributed by atoms with E-state index >= 15 is 0 Å². The van der Waals surface area contributed by atoms with Gasteiger partial charge >= 0.3 is 5.97 Å². The smallest absolute Gasteiger partial charge is 0.330 e. The second-order valence-electron chi connectivity index (χ2n) is 2.92. The SMILES string of the molecule is COCC1OC(=O)C(C)(Cl)C1O. The Morgan fingerprint density at radius 1 is 1.83 bits per heavy atom. The fraction of sp³-hybridized carbons (Fsp3) is 0.857. The molecule has 1 aliphatic rings. The molecular weight excluding hydrogens is 184 g/mol. The molecule has 3 atom stereocenters. The summed E-state index contributed by atoms with van der Waals surface area (Å²) in [4.78, 5) is 9.69. The van der Waals surface area contributed by atoms with Crippen LogP contribution in [0.3, 0.4) is 0 Å². The van der Waals surface area contributed by atoms with Crippen molar-refractivity contribution in [1.82, 2.24) is 0 Å². The third-order valence-electron chi connectivity index (χ3n) is 1.90. The van der Waals surface area contributed by atoms with Crippen molar-refractivity contribution in [3.8, 4) is 0 Å². The van der Waals surface area contributed by atoms with Gasteiger partial charge in [-0.15, -0.1) is 11.6 Å². The lowest BCUT2D eigenvalue weighted by Gasteiger charge is -2.16. The van der Waals surface area contributed by atoms with E-state index in [4.69, 9.17) is 21.1 Å². The predicted octanol–water partition coefficient (Wildman–Crippen LogP) is -0.0834. The number of alkyl halides is 1. The van der Waals surface area contributed by atoms with E-state index < -0.39 is 23.1 Å². The normalized spacial score (nSPS) is 41.5. The molecule has 0 aromatic carbocycles. The molecule has 0 bridgehead atoms. The maximum atomic E-state index is 11.0. The third kappa shape index (κ3) is 1.42. The first-order valence-corrected chi connectivity index (χ1v) is 3.95. The van der Waals surface area contributed by atoms with Gasteiger partial charge in [0.2, 0.25) is 0 Å². The number of hydrogen-bond acceptors (Lipinski definition) is 4. The van der Waals surface area contributed by atoms with E-state index in [0.29, 0.717) is 0 Å². The van der Waals surface area contributed by atoms with Crippen LogP contribution < -0.4 is 0 Å². The third-order valence-corrected chi connectivity index (χ3v) is 2.27. The Morgan fingerprint density at radius 2 is 2.42 bits per heavy atom. The van der Waals surface area contributed by atoms with Crippen molar-refractivity contribution in [3.63, 3.8) is 0 Å². The lowest BCUT2D eigenvalue weighted by atomic mass is 10.0. The largest absolute Gasteiger partial charge is 0.456 e. The molecule has 0 aromatic heterocycles. The van der Waals surface area contributed by atoms with Crippen LogP contribution in [-0.4, -0.2) is 41.9 Å². The molecule has 1 saturated heterocycles. The van der Waals surface area contributed by atoms with Gasteiger partial charge in [0.05, 0.1) is 6.61 Å². The molecule has 0 amide bonds. The highest BCUT2D eigenvalue weighted by molar-refractivity contribution is 6.34. The number of aliphatic hydroxyl groups excluding tert-OH is 1. The van der Waals surface area contributed by atoms with Gasteiger partial charge in [0.25, 0.3) is 0 Å². The molecule has 0 aliphatic carbocycles. The summed E-state index contributed by atoms with van der Waals surface area (Å²) in [5.74, 6) is -0.598. The first-order valence-electron chi connectivity index (χ1n) is 3.57. The van der Waals surface area contributed by atoms with Crippen molar-refractivity contribution in [2.75, 3.05) is 13.7 Å². The number of carbonyl (C=O) groups excluding carboxylic acids is 1. The van der Waals surface area contributed by atoms with Crippen LogP contribution in [-0.2, 0) is 14.3 Å². The standard InChI is InChI=1S/C7H11ClO4/c1-7(8)5(9)4(3-11-2)12-6(7)10/h4-5,9H,3H2,1-2H3. The van der Waals surface area contributed by atoms with Crippen LogP contribution in [0.4, 0.5) is 0 Å². The lowest BCUT2D eigenvalue weighted by molar-refractivity contribution is -0.144. The van der Waals surface area contributed by atoms with Gasteiger partial charge in [-0.3, -0.25) is 4.79 Å². The summed E-state index contributed by atoms with van der Waals surface area (Å²) in [6, 6.07) is 0. The van der Waals surface area contributed by atoms with Crippen molar-refractivity contribution in [2.45, 2.75) is 24.0 Å². The van der Waals surface area contributed by atoms with Crippen LogP contribution in [0, 0.1) is 0 Å². The van der Waals surface area contributed by atoms with E-state index in [-0.39, 0.29) is 6.61 Å². The van der Waals surface area contributed by atoms with Gasteiger partial charge in [-0.05, 0) is 6.92 Å². The Morgan fingerprint density at radius 3 is 2.75 bits per heavy atom. The maximum Gasteiger partial charge on any atom is 0.330 e. The summed E-state index contributed by atoms with van der Waals surface area (Å²) in [5.41, 5.74) is 0. The van der Waals surface area contributed by atoms with Gasteiger partial charge in [0.15, 0.2) is 11.0 Å². The van der Waals surface area contributed by atoms with Crippen LogP contribution in [0.15, 0.2) is 0 Å². The summed E-state index contributed by atoms with van der Waals surface area (Å²) >= 11 is 5.72. The summed E-state index contributed by atoms with van der Waals surface area (Å²) < 4.78 is 9.53. The molecule has 0 saturated carbocycles. The highest BCUT2D eigenvalue weighted by Crippen LogP contribution is 2.31. The number of ether oxygens (including phenoxy) is 2. The van der Waals surface area contributed by atoms with Gasteiger partial charge in [0, 0.05) is 7.11 Å². The zero-order valence-corrected chi connectivity index (χ0v) is 7.67. The van der Waals surface area contributed by atoms with E-state index in [0.717, 1.165) is 0 Å². The average Bonchev–Trinajstić information content (AvgIpc) is 2.17. The van der Waals surface area contributed by atoms with Crippen LogP contribution in [0.5, 0.6) is 0 Å². The maximum absolute atomic E-state index is 11.0. The first-order chi connectivity index (χ1) is 5.50. The van der Waals surface area contributed by atoms with E-state index in [1.807, 2.05) is 0 Å². The Kier molecular flexibility index (Phi) is 2.61.